The SMILES string of the molecule is O=P1(c2ccccc2)c2cc(-c3c4ccccc4c(-c4ccc5c(c4)oc4ccccc45)c4ccccc34)ccc2-n2c(-c3ccccc3)nc3cccc1c32. The fourth-order valence-electron chi connectivity index (χ4n) is 9.18. The molecule has 0 aliphatic carbocycles. The van der Waals surface area contributed by atoms with Gasteiger partial charge in [0.1, 0.15) is 17.0 Å². The predicted molar refractivity (Wildman–Crippen MR) is 233 cm³/mol. The normalized spacial score (nSPS) is 14.9. The number of imidazole rings is 1. The highest BCUT2D eigenvalue weighted by Gasteiger charge is 2.40. The summed E-state index contributed by atoms with van der Waals surface area (Å²) in [5.41, 5.74) is 9.80. The van der Waals surface area contributed by atoms with Crippen LogP contribution >= 0.6 is 7.14 Å². The molecule has 1 atom stereocenters. The van der Waals surface area contributed by atoms with Gasteiger partial charge in [0.05, 0.1) is 16.7 Å². The molecule has 12 rings (SSSR count). The van der Waals surface area contributed by atoms with Crippen LogP contribution in [0, 0.1) is 0 Å². The van der Waals surface area contributed by atoms with E-state index >= 15 is 4.57 Å². The van der Waals surface area contributed by atoms with Crippen molar-refractivity contribution in [3.63, 3.8) is 0 Å². The van der Waals surface area contributed by atoms with Gasteiger partial charge in [-0.15, -0.1) is 0 Å². The lowest BCUT2D eigenvalue weighted by molar-refractivity contribution is 0.592. The van der Waals surface area contributed by atoms with E-state index < -0.39 is 7.14 Å². The van der Waals surface area contributed by atoms with E-state index in [1.54, 1.807) is 0 Å². The van der Waals surface area contributed by atoms with Gasteiger partial charge in [0.2, 0.25) is 0 Å². The Bertz CT molecular complexity index is 3400. The molecule has 0 saturated heterocycles. The highest BCUT2D eigenvalue weighted by molar-refractivity contribution is 7.86. The second kappa shape index (κ2) is 11.7. The van der Waals surface area contributed by atoms with Gasteiger partial charge in [0.15, 0.2) is 7.14 Å². The predicted octanol–water partition coefficient (Wildman–Crippen LogP) is 12.2. The third kappa shape index (κ3) is 4.30. The van der Waals surface area contributed by atoms with Gasteiger partial charge >= 0.3 is 0 Å². The van der Waals surface area contributed by atoms with E-state index in [0.29, 0.717) is 0 Å². The van der Waals surface area contributed by atoms with Crippen molar-refractivity contribution in [2.45, 2.75) is 0 Å². The maximum Gasteiger partial charge on any atom is 0.175 e. The molecule has 3 heterocycles. The van der Waals surface area contributed by atoms with Crippen LogP contribution in [0.4, 0.5) is 0 Å². The minimum absolute atomic E-state index is 0.809. The van der Waals surface area contributed by atoms with Gasteiger partial charge in [0.25, 0.3) is 0 Å². The molecule has 1 aliphatic rings. The minimum Gasteiger partial charge on any atom is -0.456 e. The van der Waals surface area contributed by atoms with Crippen molar-refractivity contribution in [3.8, 4) is 39.3 Å². The summed E-state index contributed by atoms with van der Waals surface area (Å²) >= 11 is 0. The van der Waals surface area contributed by atoms with Crippen LogP contribution in [0.5, 0.6) is 0 Å². The standard InChI is InChI=1S/C51H31N2O2P/c54-56(35-16-5-2-6-17-35)46-25-13-23-42-50(46)53(51(52-42)32-14-3-1-4-15-32)43-29-27-34(31-47(43)56)49-40-21-9-7-19-38(40)48(39-20-8-10-22-41(39)49)33-26-28-37-36-18-11-12-24-44(36)55-45(37)30-33/h1-31H. The summed E-state index contributed by atoms with van der Waals surface area (Å²) in [6, 6.07) is 65.1. The third-order valence-electron chi connectivity index (χ3n) is 11.6. The Kier molecular flexibility index (Phi) is 6.58. The first-order chi connectivity index (χ1) is 27.7. The Morgan fingerprint density at radius 1 is 0.446 bits per heavy atom. The first kappa shape index (κ1) is 31.4. The van der Waals surface area contributed by atoms with E-state index in [1.807, 2.05) is 78.9 Å². The molecular formula is C51H31N2O2P. The van der Waals surface area contributed by atoms with Crippen LogP contribution in [0.2, 0.25) is 0 Å². The molecule has 0 radical (unpaired) electrons. The third-order valence-corrected chi connectivity index (χ3v) is 14.7. The number of hydrogen-bond acceptors (Lipinski definition) is 3. The summed E-state index contributed by atoms with van der Waals surface area (Å²) < 4.78 is 24.9. The van der Waals surface area contributed by atoms with Crippen molar-refractivity contribution < 1.29 is 8.98 Å². The van der Waals surface area contributed by atoms with Gasteiger partial charge < -0.3 is 8.98 Å². The van der Waals surface area contributed by atoms with Crippen LogP contribution < -0.4 is 15.9 Å². The average molecular weight is 735 g/mol. The van der Waals surface area contributed by atoms with E-state index in [0.717, 1.165) is 110 Å². The van der Waals surface area contributed by atoms with Crippen molar-refractivity contribution in [2.24, 2.45) is 0 Å². The molecular weight excluding hydrogens is 704 g/mol. The van der Waals surface area contributed by atoms with Gasteiger partial charge in [-0.05, 0) is 86.3 Å². The molecule has 0 N–H and O–H groups in total. The monoisotopic (exact) mass is 734 g/mol. The maximum absolute atomic E-state index is 16.3. The van der Waals surface area contributed by atoms with Gasteiger partial charge in [-0.3, -0.25) is 4.57 Å². The number of benzene rings is 9. The second-order valence-corrected chi connectivity index (χ2v) is 17.3. The van der Waals surface area contributed by atoms with Gasteiger partial charge in [-0.1, -0.05) is 146 Å². The molecule has 1 unspecified atom stereocenters. The zero-order chi connectivity index (χ0) is 37.0. The van der Waals surface area contributed by atoms with Crippen LogP contribution in [0.1, 0.15) is 0 Å². The summed E-state index contributed by atoms with van der Waals surface area (Å²) in [5.74, 6) is 0.836. The van der Waals surface area contributed by atoms with Crippen LogP contribution in [0.15, 0.2) is 192 Å². The molecule has 11 aromatic rings. The van der Waals surface area contributed by atoms with Crippen LogP contribution in [-0.4, -0.2) is 9.55 Å². The Balaban J connectivity index is 1.15. The van der Waals surface area contributed by atoms with E-state index in [1.165, 1.54) is 0 Å². The van der Waals surface area contributed by atoms with Gasteiger partial charge in [-0.2, -0.15) is 0 Å². The molecule has 5 heteroatoms. The second-order valence-electron chi connectivity index (χ2n) is 14.6. The summed E-state index contributed by atoms with van der Waals surface area (Å²) in [6.07, 6.45) is 0. The maximum atomic E-state index is 16.3. The molecule has 262 valence electrons. The summed E-state index contributed by atoms with van der Waals surface area (Å²) in [7, 11) is -3.38. The highest BCUT2D eigenvalue weighted by Crippen LogP contribution is 2.52. The summed E-state index contributed by atoms with van der Waals surface area (Å²) in [6.45, 7) is 0. The van der Waals surface area contributed by atoms with Crippen molar-refractivity contribution in [3.05, 3.63) is 188 Å². The first-order valence-electron chi connectivity index (χ1n) is 18.9. The van der Waals surface area contributed by atoms with Crippen molar-refractivity contribution in [1.29, 1.82) is 0 Å². The topological polar surface area (TPSA) is 48.0 Å². The van der Waals surface area contributed by atoms with Crippen LogP contribution in [0.3, 0.4) is 0 Å². The molecule has 0 saturated carbocycles. The largest absolute Gasteiger partial charge is 0.456 e. The fraction of sp³-hybridized carbons (Fsp3) is 0. The lowest BCUT2D eigenvalue weighted by Gasteiger charge is -2.30. The molecule has 56 heavy (non-hydrogen) atoms. The number of aromatic nitrogens is 2. The zero-order valence-electron chi connectivity index (χ0n) is 30.1. The Labute approximate surface area is 322 Å². The fourth-order valence-corrected chi connectivity index (χ4v) is 12.2. The van der Waals surface area contributed by atoms with Crippen LogP contribution in [0.25, 0.3) is 93.8 Å². The number of rotatable bonds is 4. The van der Waals surface area contributed by atoms with Crippen LogP contribution in [-0.2, 0) is 4.57 Å². The van der Waals surface area contributed by atoms with Crippen molar-refractivity contribution in [2.75, 3.05) is 0 Å². The van der Waals surface area contributed by atoms with Gasteiger partial charge in [-0.25, -0.2) is 4.98 Å². The number of para-hydroxylation sites is 2. The minimum atomic E-state index is -3.38. The zero-order valence-corrected chi connectivity index (χ0v) is 31.0. The Hall–Kier alpha value is -7.00. The average Bonchev–Trinajstić information content (AvgIpc) is 3.84. The Morgan fingerprint density at radius 3 is 1.71 bits per heavy atom. The van der Waals surface area contributed by atoms with Gasteiger partial charge in [0, 0.05) is 32.2 Å². The van der Waals surface area contributed by atoms with E-state index in [4.69, 9.17) is 9.40 Å². The Morgan fingerprint density at radius 2 is 1.02 bits per heavy atom. The number of nitrogens with zero attached hydrogens (tertiary/aromatic N) is 2. The lowest BCUT2D eigenvalue weighted by atomic mass is 9.86. The van der Waals surface area contributed by atoms with E-state index in [-0.39, 0.29) is 0 Å². The molecule has 0 spiro atoms. The smallest absolute Gasteiger partial charge is 0.175 e. The molecule has 2 aromatic heterocycles. The molecule has 0 bridgehead atoms. The molecule has 0 fully saturated rings. The molecule has 4 nitrogen and oxygen atoms in total. The van der Waals surface area contributed by atoms with Crippen molar-refractivity contribution >= 4 is 77.6 Å². The summed E-state index contributed by atoms with van der Waals surface area (Å²) in [4.78, 5) is 5.18. The molecule has 0 amide bonds. The first-order valence-corrected chi connectivity index (χ1v) is 20.6. The summed E-state index contributed by atoms with van der Waals surface area (Å²) in [5, 5.41) is 9.22. The number of fused-ring (bicyclic) bond motifs is 7. The molecule has 1 aliphatic heterocycles. The number of furan rings is 1. The van der Waals surface area contributed by atoms with E-state index in [2.05, 4.69) is 114 Å². The number of hydrogen-bond donors (Lipinski definition) is 0. The quantitative estimate of drug-likeness (QED) is 0.134. The van der Waals surface area contributed by atoms with E-state index in [9.17, 15) is 0 Å². The lowest BCUT2D eigenvalue weighted by Crippen LogP contribution is -2.33. The highest BCUT2D eigenvalue weighted by atomic mass is 31.2. The molecule has 9 aromatic carbocycles. The van der Waals surface area contributed by atoms with Crippen molar-refractivity contribution in [1.82, 2.24) is 9.55 Å².